The molecule has 0 amide bonds. The Morgan fingerprint density at radius 3 is 2.58 bits per heavy atom. The van der Waals surface area contributed by atoms with Crippen LogP contribution in [0.2, 0.25) is 0 Å². The SMILES string of the molecule is Cc1ccc(Cc2nnc3cc(CN)ccn23)cc1. The molecule has 4 heteroatoms. The predicted octanol–water partition coefficient (Wildman–Crippen LogP) is 2.09. The molecule has 0 aliphatic rings. The zero-order chi connectivity index (χ0) is 13.2. The topological polar surface area (TPSA) is 56.2 Å². The Morgan fingerprint density at radius 2 is 1.84 bits per heavy atom. The lowest BCUT2D eigenvalue weighted by molar-refractivity contribution is 0.931. The van der Waals surface area contributed by atoms with Crippen LogP contribution in [0.1, 0.15) is 22.5 Å². The average Bonchev–Trinajstić information content (AvgIpc) is 2.83. The van der Waals surface area contributed by atoms with Gasteiger partial charge in [0.25, 0.3) is 0 Å². The highest BCUT2D eigenvalue weighted by Crippen LogP contribution is 2.12. The Morgan fingerprint density at radius 1 is 1.05 bits per heavy atom. The summed E-state index contributed by atoms with van der Waals surface area (Å²) < 4.78 is 2.01. The van der Waals surface area contributed by atoms with Gasteiger partial charge in [0, 0.05) is 19.2 Å². The molecular formula is C15H16N4. The largest absolute Gasteiger partial charge is 0.326 e. The fourth-order valence-corrected chi connectivity index (χ4v) is 2.12. The zero-order valence-electron chi connectivity index (χ0n) is 10.9. The van der Waals surface area contributed by atoms with Gasteiger partial charge in [-0.1, -0.05) is 29.8 Å². The number of aromatic nitrogens is 3. The summed E-state index contributed by atoms with van der Waals surface area (Å²) in [5.74, 6) is 0.947. The lowest BCUT2D eigenvalue weighted by Gasteiger charge is -2.02. The molecule has 0 fully saturated rings. The van der Waals surface area contributed by atoms with Crippen LogP contribution in [-0.4, -0.2) is 14.6 Å². The molecule has 0 saturated heterocycles. The lowest BCUT2D eigenvalue weighted by Crippen LogP contribution is -1.99. The van der Waals surface area contributed by atoms with E-state index in [9.17, 15) is 0 Å². The molecule has 2 aromatic heterocycles. The van der Waals surface area contributed by atoms with Crippen LogP contribution in [-0.2, 0) is 13.0 Å². The van der Waals surface area contributed by atoms with E-state index in [2.05, 4.69) is 41.4 Å². The minimum absolute atomic E-state index is 0.524. The van der Waals surface area contributed by atoms with Crippen LogP contribution in [0.4, 0.5) is 0 Å². The Hall–Kier alpha value is -2.20. The fourth-order valence-electron chi connectivity index (χ4n) is 2.12. The van der Waals surface area contributed by atoms with Crippen LogP contribution in [0.25, 0.3) is 5.65 Å². The molecule has 19 heavy (non-hydrogen) atoms. The number of fused-ring (bicyclic) bond motifs is 1. The molecule has 0 spiro atoms. The van der Waals surface area contributed by atoms with Crippen molar-refractivity contribution in [2.24, 2.45) is 5.73 Å². The van der Waals surface area contributed by atoms with Gasteiger partial charge >= 0.3 is 0 Å². The maximum Gasteiger partial charge on any atom is 0.161 e. The molecule has 0 atom stereocenters. The minimum Gasteiger partial charge on any atom is -0.326 e. The molecule has 96 valence electrons. The summed E-state index contributed by atoms with van der Waals surface area (Å²) in [5.41, 5.74) is 10.1. The molecular weight excluding hydrogens is 236 g/mol. The third-order valence-corrected chi connectivity index (χ3v) is 3.26. The number of rotatable bonds is 3. The second-order valence-corrected chi connectivity index (χ2v) is 4.75. The van der Waals surface area contributed by atoms with Gasteiger partial charge in [-0.2, -0.15) is 0 Å². The predicted molar refractivity (Wildman–Crippen MR) is 74.9 cm³/mol. The average molecular weight is 252 g/mol. The van der Waals surface area contributed by atoms with E-state index in [0.717, 1.165) is 23.5 Å². The molecule has 0 aliphatic heterocycles. The van der Waals surface area contributed by atoms with Gasteiger partial charge in [0.15, 0.2) is 5.65 Å². The maximum absolute atomic E-state index is 5.63. The number of aryl methyl sites for hydroxylation is 1. The van der Waals surface area contributed by atoms with Crippen molar-refractivity contribution in [3.8, 4) is 0 Å². The molecule has 0 unspecified atom stereocenters. The van der Waals surface area contributed by atoms with Gasteiger partial charge in [-0.15, -0.1) is 10.2 Å². The molecule has 3 aromatic rings. The normalized spacial score (nSPS) is 11.1. The van der Waals surface area contributed by atoms with E-state index in [0.29, 0.717) is 6.54 Å². The Kier molecular flexibility index (Phi) is 3.01. The van der Waals surface area contributed by atoms with Crippen molar-refractivity contribution in [1.29, 1.82) is 0 Å². The van der Waals surface area contributed by atoms with Crippen molar-refractivity contribution in [2.45, 2.75) is 19.9 Å². The molecule has 2 heterocycles. The molecule has 1 aromatic carbocycles. The van der Waals surface area contributed by atoms with Crippen LogP contribution in [0, 0.1) is 6.92 Å². The van der Waals surface area contributed by atoms with E-state index in [1.165, 1.54) is 11.1 Å². The summed E-state index contributed by atoms with van der Waals surface area (Å²) in [4.78, 5) is 0. The van der Waals surface area contributed by atoms with Gasteiger partial charge in [0.05, 0.1) is 0 Å². The van der Waals surface area contributed by atoms with Gasteiger partial charge in [-0.25, -0.2) is 0 Å². The third kappa shape index (κ3) is 2.35. The third-order valence-electron chi connectivity index (χ3n) is 3.26. The molecule has 2 N–H and O–H groups in total. The quantitative estimate of drug-likeness (QED) is 0.776. The number of hydrogen-bond donors (Lipinski definition) is 1. The van der Waals surface area contributed by atoms with Crippen LogP contribution >= 0.6 is 0 Å². The van der Waals surface area contributed by atoms with Gasteiger partial charge in [0.2, 0.25) is 0 Å². The van der Waals surface area contributed by atoms with Gasteiger partial charge < -0.3 is 5.73 Å². The van der Waals surface area contributed by atoms with Crippen LogP contribution < -0.4 is 5.73 Å². The van der Waals surface area contributed by atoms with E-state index >= 15 is 0 Å². The highest BCUT2D eigenvalue weighted by molar-refractivity contribution is 5.41. The molecule has 0 aliphatic carbocycles. The van der Waals surface area contributed by atoms with Gasteiger partial charge in [0.1, 0.15) is 5.82 Å². The zero-order valence-corrected chi connectivity index (χ0v) is 10.9. The lowest BCUT2D eigenvalue weighted by atomic mass is 10.1. The highest BCUT2D eigenvalue weighted by Gasteiger charge is 2.06. The standard InChI is InChI=1S/C15H16N4/c1-11-2-4-12(5-3-11)8-14-17-18-15-9-13(10-16)6-7-19(14)15/h2-7,9H,8,10,16H2,1H3. The number of nitrogens with zero attached hydrogens (tertiary/aromatic N) is 3. The first-order valence-electron chi connectivity index (χ1n) is 6.34. The fraction of sp³-hybridized carbons (Fsp3) is 0.200. The van der Waals surface area contributed by atoms with Gasteiger partial charge in [-0.05, 0) is 30.2 Å². The summed E-state index contributed by atoms with van der Waals surface area (Å²) in [5, 5.41) is 8.46. The number of hydrogen-bond acceptors (Lipinski definition) is 3. The van der Waals surface area contributed by atoms with E-state index in [-0.39, 0.29) is 0 Å². The molecule has 0 radical (unpaired) electrons. The molecule has 3 rings (SSSR count). The van der Waals surface area contributed by atoms with E-state index in [1.807, 2.05) is 22.7 Å². The summed E-state index contributed by atoms with van der Waals surface area (Å²) in [6.45, 7) is 2.61. The summed E-state index contributed by atoms with van der Waals surface area (Å²) in [7, 11) is 0. The maximum atomic E-state index is 5.63. The first kappa shape index (κ1) is 11.9. The summed E-state index contributed by atoms with van der Waals surface area (Å²) >= 11 is 0. The highest BCUT2D eigenvalue weighted by atomic mass is 15.2. The molecule has 0 saturated carbocycles. The van der Waals surface area contributed by atoms with Crippen molar-refractivity contribution in [2.75, 3.05) is 0 Å². The monoisotopic (exact) mass is 252 g/mol. The minimum atomic E-state index is 0.524. The Balaban J connectivity index is 1.95. The second-order valence-electron chi connectivity index (χ2n) is 4.75. The summed E-state index contributed by atoms with van der Waals surface area (Å²) in [6.07, 6.45) is 2.77. The molecule has 4 nitrogen and oxygen atoms in total. The van der Waals surface area contributed by atoms with E-state index < -0.39 is 0 Å². The van der Waals surface area contributed by atoms with Crippen LogP contribution in [0.3, 0.4) is 0 Å². The van der Waals surface area contributed by atoms with Crippen molar-refractivity contribution in [3.05, 3.63) is 65.1 Å². The smallest absolute Gasteiger partial charge is 0.161 e. The number of nitrogens with two attached hydrogens (primary N) is 1. The summed E-state index contributed by atoms with van der Waals surface area (Å²) in [6, 6.07) is 12.5. The van der Waals surface area contributed by atoms with Gasteiger partial charge in [-0.3, -0.25) is 4.40 Å². The second kappa shape index (κ2) is 4.82. The van der Waals surface area contributed by atoms with E-state index in [4.69, 9.17) is 5.73 Å². The Bertz CT molecular complexity index is 698. The van der Waals surface area contributed by atoms with Crippen LogP contribution in [0.15, 0.2) is 42.6 Å². The molecule has 0 bridgehead atoms. The van der Waals surface area contributed by atoms with Crippen molar-refractivity contribution in [3.63, 3.8) is 0 Å². The Labute approximate surface area is 111 Å². The van der Waals surface area contributed by atoms with Crippen molar-refractivity contribution in [1.82, 2.24) is 14.6 Å². The van der Waals surface area contributed by atoms with Crippen LogP contribution in [0.5, 0.6) is 0 Å². The van der Waals surface area contributed by atoms with Crippen molar-refractivity contribution < 1.29 is 0 Å². The first-order chi connectivity index (χ1) is 9.26. The number of benzene rings is 1. The van der Waals surface area contributed by atoms with E-state index in [1.54, 1.807) is 0 Å². The number of pyridine rings is 1. The van der Waals surface area contributed by atoms with Crippen molar-refractivity contribution >= 4 is 5.65 Å². The first-order valence-corrected chi connectivity index (χ1v) is 6.34.